The van der Waals surface area contributed by atoms with E-state index in [-0.39, 0.29) is 12.5 Å². The second kappa shape index (κ2) is 9.53. The first-order valence-electron chi connectivity index (χ1n) is 7.77. The minimum atomic E-state index is -0.0214. The molecule has 1 rings (SSSR count). The number of benzene rings is 1. The standard InChI is InChI=1S/C17H28N2O2/c1-4-5-6-9-19(10-11-20)13-17(21)18-16-8-7-14(2)12-15(16)3/h7-8,12,20H,4-6,9-11,13H2,1-3H3,(H,18,21). The minimum Gasteiger partial charge on any atom is -0.395 e. The van der Waals surface area contributed by atoms with Crippen molar-refractivity contribution in [2.24, 2.45) is 0 Å². The van der Waals surface area contributed by atoms with Crippen LogP contribution in [0.25, 0.3) is 0 Å². The third kappa shape index (κ3) is 6.74. The van der Waals surface area contributed by atoms with Gasteiger partial charge in [0, 0.05) is 12.2 Å². The third-order valence-corrected chi connectivity index (χ3v) is 3.52. The predicted octanol–water partition coefficient (Wildman–Crippen LogP) is 2.73. The normalized spacial score (nSPS) is 10.9. The number of carbonyl (C=O) groups is 1. The first kappa shape index (κ1) is 17.7. The molecule has 1 aromatic rings. The van der Waals surface area contributed by atoms with Gasteiger partial charge in [0.25, 0.3) is 0 Å². The molecule has 0 aliphatic heterocycles. The van der Waals surface area contributed by atoms with Crippen molar-refractivity contribution in [1.29, 1.82) is 0 Å². The number of unbranched alkanes of at least 4 members (excludes halogenated alkanes) is 2. The summed E-state index contributed by atoms with van der Waals surface area (Å²) in [4.78, 5) is 14.1. The average Bonchev–Trinajstić information content (AvgIpc) is 2.42. The quantitative estimate of drug-likeness (QED) is 0.688. The zero-order chi connectivity index (χ0) is 15.7. The van der Waals surface area contributed by atoms with E-state index in [2.05, 4.69) is 18.3 Å². The SMILES string of the molecule is CCCCCN(CCO)CC(=O)Nc1ccc(C)cc1C. The number of amides is 1. The van der Waals surface area contributed by atoms with Gasteiger partial charge in [-0.3, -0.25) is 9.69 Å². The maximum atomic E-state index is 12.1. The van der Waals surface area contributed by atoms with Gasteiger partial charge in [0.05, 0.1) is 13.2 Å². The number of hydrogen-bond donors (Lipinski definition) is 2. The van der Waals surface area contributed by atoms with Gasteiger partial charge in [-0.2, -0.15) is 0 Å². The number of rotatable bonds is 9. The summed E-state index contributed by atoms with van der Waals surface area (Å²) in [6, 6.07) is 5.99. The van der Waals surface area contributed by atoms with E-state index < -0.39 is 0 Å². The summed E-state index contributed by atoms with van der Waals surface area (Å²) in [6.07, 6.45) is 3.37. The Morgan fingerprint density at radius 3 is 2.62 bits per heavy atom. The van der Waals surface area contributed by atoms with Crippen molar-refractivity contribution in [3.63, 3.8) is 0 Å². The molecule has 0 heterocycles. The molecule has 21 heavy (non-hydrogen) atoms. The van der Waals surface area contributed by atoms with Crippen molar-refractivity contribution in [1.82, 2.24) is 4.90 Å². The van der Waals surface area contributed by atoms with Gasteiger partial charge in [-0.15, -0.1) is 0 Å². The van der Waals surface area contributed by atoms with Crippen molar-refractivity contribution in [2.75, 3.05) is 31.6 Å². The van der Waals surface area contributed by atoms with Crippen LogP contribution in [0.4, 0.5) is 5.69 Å². The lowest BCUT2D eigenvalue weighted by atomic mass is 10.1. The first-order chi connectivity index (χ1) is 10.1. The summed E-state index contributed by atoms with van der Waals surface area (Å²) in [5.74, 6) is -0.0214. The molecule has 0 aliphatic rings. The molecule has 0 fully saturated rings. The van der Waals surface area contributed by atoms with E-state index in [1.807, 2.05) is 30.9 Å². The number of nitrogens with one attached hydrogen (secondary N) is 1. The van der Waals surface area contributed by atoms with Crippen LogP contribution in [0.2, 0.25) is 0 Å². The van der Waals surface area contributed by atoms with Crippen molar-refractivity contribution < 1.29 is 9.90 Å². The highest BCUT2D eigenvalue weighted by atomic mass is 16.3. The predicted molar refractivity (Wildman–Crippen MR) is 87.6 cm³/mol. The molecule has 4 heteroatoms. The summed E-state index contributed by atoms with van der Waals surface area (Å²) in [5, 5.41) is 12.1. The molecule has 0 unspecified atom stereocenters. The lowest BCUT2D eigenvalue weighted by molar-refractivity contribution is -0.117. The second-order valence-electron chi connectivity index (χ2n) is 5.57. The fourth-order valence-electron chi connectivity index (χ4n) is 2.34. The van der Waals surface area contributed by atoms with Crippen LogP contribution in [0, 0.1) is 13.8 Å². The van der Waals surface area contributed by atoms with Crippen LogP contribution >= 0.6 is 0 Å². The van der Waals surface area contributed by atoms with E-state index in [1.54, 1.807) is 0 Å². The van der Waals surface area contributed by atoms with Crippen molar-refractivity contribution in [3.8, 4) is 0 Å². The molecule has 0 aliphatic carbocycles. The van der Waals surface area contributed by atoms with E-state index in [4.69, 9.17) is 5.11 Å². The second-order valence-corrected chi connectivity index (χ2v) is 5.57. The number of aryl methyl sites for hydroxylation is 2. The molecule has 0 aromatic heterocycles. The van der Waals surface area contributed by atoms with Crippen LogP contribution in [0.1, 0.15) is 37.3 Å². The first-order valence-corrected chi connectivity index (χ1v) is 7.77. The van der Waals surface area contributed by atoms with Crippen LogP contribution in [-0.2, 0) is 4.79 Å². The molecule has 0 saturated carbocycles. The van der Waals surface area contributed by atoms with Gasteiger partial charge in [-0.25, -0.2) is 0 Å². The topological polar surface area (TPSA) is 52.6 Å². The molecule has 0 saturated heterocycles. The summed E-state index contributed by atoms with van der Waals surface area (Å²) >= 11 is 0. The van der Waals surface area contributed by atoms with Crippen LogP contribution in [-0.4, -0.2) is 42.2 Å². The molecule has 2 N–H and O–H groups in total. The molecule has 0 atom stereocenters. The Bertz CT molecular complexity index is 446. The van der Waals surface area contributed by atoms with Crippen LogP contribution in [0.15, 0.2) is 18.2 Å². The molecule has 0 radical (unpaired) electrons. The lowest BCUT2D eigenvalue weighted by Crippen LogP contribution is -2.36. The zero-order valence-corrected chi connectivity index (χ0v) is 13.5. The summed E-state index contributed by atoms with van der Waals surface area (Å²) in [7, 11) is 0. The lowest BCUT2D eigenvalue weighted by Gasteiger charge is -2.21. The minimum absolute atomic E-state index is 0.0214. The van der Waals surface area contributed by atoms with E-state index in [1.165, 1.54) is 5.56 Å². The van der Waals surface area contributed by atoms with Crippen molar-refractivity contribution in [3.05, 3.63) is 29.3 Å². The Kier molecular flexibility index (Phi) is 8.01. The Balaban J connectivity index is 2.52. The number of aliphatic hydroxyl groups excluding tert-OH is 1. The smallest absolute Gasteiger partial charge is 0.238 e. The number of anilines is 1. The third-order valence-electron chi connectivity index (χ3n) is 3.52. The summed E-state index contributed by atoms with van der Waals surface area (Å²) in [5.41, 5.74) is 3.12. The fourth-order valence-corrected chi connectivity index (χ4v) is 2.34. The Labute approximate surface area is 128 Å². The van der Waals surface area contributed by atoms with Crippen LogP contribution in [0.3, 0.4) is 0 Å². The zero-order valence-electron chi connectivity index (χ0n) is 13.5. The average molecular weight is 292 g/mol. The van der Waals surface area contributed by atoms with Gasteiger partial charge in [-0.1, -0.05) is 37.5 Å². The maximum Gasteiger partial charge on any atom is 0.238 e. The molecule has 1 amide bonds. The summed E-state index contributed by atoms with van der Waals surface area (Å²) < 4.78 is 0. The van der Waals surface area contributed by atoms with Gasteiger partial charge < -0.3 is 10.4 Å². The molecule has 1 aromatic carbocycles. The largest absolute Gasteiger partial charge is 0.395 e. The Morgan fingerprint density at radius 1 is 1.24 bits per heavy atom. The fraction of sp³-hybridized carbons (Fsp3) is 0.588. The van der Waals surface area contributed by atoms with E-state index in [0.717, 1.165) is 37.1 Å². The molecule has 118 valence electrons. The summed E-state index contributed by atoms with van der Waals surface area (Å²) in [6.45, 7) is 8.01. The van der Waals surface area contributed by atoms with Gasteiger partial charge >= 0.3 is 0 Å². The Morgan fingerprint density at radius 2 is 2.00 bits per heavy atom. The van der Waals surface area contributed by atoms with Gasteiger partial charge in [0.1, 0.15) is 0 Å². The van der Waals surface area contributed by atoms with Gasteiger partial charge in [0.15, 0.2) is 0 Å². The van der Waals surface area contributed by atoms with Crippen molar-refractivity contribution >= 4 is 11.6 Å². The monoisotopic (exact) mass is 292 g/mol. The highest BCUT2D eigenvalue weighted by molar-refractivity contribution is 5.93. The van der Waals surface area contributed by atoms with Gasteiger partial charge in [0.2, 0.25) is 5.91 Å². The van der Waals surface area contributed by atoms with E-state index >= 15 is 0 Å². The molecule has 4 nitrogen and oxygen atoms in total. The molecule has 0 bridgehead atoms. The van der Waals surface area contributed by atoms with E-state index in [0.29, 0.717) is 13.1 Å². The van der Waals surface area contributed by atoms with Crippen LogP contribution in [0.5, 0.6) is 0 Å². The molecular formula is C17H28N2O2. The van der Waals surface area contributed by atoms with Crippen molar-refractivity contribution in [2.45, 2.75) is 40.0 Å². The number of nitrogens with zero attached hydrogens (tertiary/aromatic N) is 1. The highest BCUT2D eigenvalue weighted by Gasteiger charge is 2.11. The van der Waals surface area contributed by atoms with Gasteiger partial charge in [-0.05, 0) is 38.4 Å². The molecule has 0 spiro atoms. The maximum absolute atomic E-state index is 12.1. The number of aliphatic hydroxyl groups is 1. The highest BCUT2D eigenvalue weighted by Crippen LogP contribution is 2.15. The molecular weight excluding hydrogens is 264 g/mol. The van der Waals surface area contributed by atoms with E-state index in [9.17, 15) is 4.79 Å². The Hall–Kier alpha value is -1.39. The number of carbonyl (C=O) groups excluding carboxylic acids is 1. The number of hydrogen-bond acceptors (Lipinski definition) is 3. The van der Waals surface area contributed by atoms with Crippen LogP contribution < -0.4 is 5.32 Å².